The molecule has 2 aromatic heterocycles. The van der Waals surface area contributed by atoms with E-state index in [0.717, 1.165) is 30.2 Å². The van der Waals surface area contributed by atoms with Crippen LogP contribution in [0, 0.1) is 0 Å². The number of nitrogens with zero attached hydrogens (tertiary/aromatic N) is 3. The van der Waals surface area contributed by atoms with Crippen molar-refractivity contribution in [2.75, 3.05) is 26.8 Å². The van der Waals surface area contributed by atoms with Crippen LogP contribution in [0.5, 0.6) is 0 Å². The molecule has 0 aromatic carbocycles. The van der Waals surface area contributed by atoms with E-state index in [1.807, 2.05) is 12.4 Å². The molecule has 0 bridgehead atoms. The third-order valence-corrected chi connectivity index (χ3v) is 4.57. The molecular weight excluding hydrogens is 288 g/mol. The van der Waals surface area contributed by atoms with Crippen molar-refractivity contribution in [2.45, 2.75) is 18.8 Å². The number of carbonyl (C=O) groups is 1. The zero-order valence-corrected chi connectivity index (χ0v) is 12.7. The number of carbonyl (C=O) groups excluding carboxylic acids is 1. The van der Waals surface area contributed by atoms with Gasteiger partial charge in [0.15, 0.2) is 0 Å². The van der Waals surface area contributed by atoms with Gasteiger partial charge < -0.3 is 9.64 Å². The molecule has 0 unspecified atom stereocenters. The highest BCUT2D eigenvalue weighted by molar-refractivity contribution is 7.09. The first kappa shape index (κ1) is 14.2. The number of amides is 1. The number of hydrogen-bond donors (Lipinski definition) is 1. The number of likely N-dealkylation sites (N-methyl/N-ethyl adjacent to an activating group) is 1. The van der Waals surface area contributed by atoms with E-state index in [1.54, 1.807) is 28.6 Å². The summed E-state index contributed by atoms with van der Waals surface area (Å²) < 4.78 is 5.39. The van der Waals surface area contributed by atoms with Crippen molar-refractivity contribution in [1.82, 2.24) is 20.1 Å². The normalized spacial score (nSPS) is 18.0. The summed E-state index contributed by atoms with van der Waals surface area (Å²) >= 11 is 1.61. The van der Waals surface area contributed by atoms with E-state index in [-0.39, 0.29) is 11.8 Å². The molecule has 2 aromatic rings. The number of aromatic nitrogens is 3. The van der Waals surface area contributed by atoms with Crippen LogP contribution in [-0.2, 0) is 11.2 Å². The minimum atomic E-state index is 0.00204. The molecule has 21 heavy (non-hydrogen) atoms. The van der Waals surface area contributed by atoms with Gasteiger partial charge in [0.25, 0.3) is 5.91 Å². The molecule has 1 saturated heterocycles. The molecule has 1 amide bonds. The number of ether oxygens (including phenoxy) is 1. The largest absolute Gasteiger partial charge is 0.381 e. The zero-order valence-electron chi connectivity index (χ0n) is 11.9. The molecule has 1 aliphatic rings. The van der Waals surface area contributed by atoms with Crippen molar-refractivity contribution >= 4 is 17.2 Å². The Morgan fingerprint density at radius 1 is 1.62 bits per heavy atom. The Balaban J connectivity index is 1.65. The monoisotopic (exact) mass is 306 g/mol. The predicted molar refractivity (Wildman–Crippen MR) is 79.5 cm³/mol. The summed E-state index contributed by atoms with van der Waals surface area (Å²) in [5.74, 6) is 0.251. The van der Waals surface area contributed by atoms with Gasteiger partial charge in [0.1, 0.15) is 0 Å². The molecule has 0 saturated carbocycles. The van der Waals surface area contributed by atoms with E-state index in [2.05, 4.69) is 15.2 Å². The average Bonchev–Trinajstić information content (AvgIpc) is 3.25. The number of H-pyrrole nitrogens is 1. The van der Waals surface area contributed by atoms with E-state index in [4.69, 9.17) is 4.74 Å². The van der Waals surface area contributed by atoms with Gasteiger partial charge in [0.2, 0.25) is 0 Å². The molecular formula is C14H18N4O2S. The van der Waals surface area contributed by atoms with Gasteiger partial charge in [-0.25, -0.2) is 4.98 Å². The Labute approximate surface area is 127 Å². The number of rotatable bonds is 5. The lowest BCUT2D eigenvalue weighted by Gasteiger charge is -2.17. The van der Waals surface area contributed by atoms with Crippen LogP contribution in [0.25, 0.3) is 0 Å². The summed E-state index contributed by atoms with van der Waals surface area (Å²) in [6.07, 6.45) is 5.12. The maximum atomic E-state index is 12.6. The molecule has 1 atom stereocenters. The third kappa shape index (κ3) is 3.14. The standard InChI is InChI=1S/C14H18N4O2S/c1-18(5-2-12-15-4-7-21-12)14(19)11-8-16-17-13(11)10-3-6-20-9-10/h4,7-8,10H,2-3,5-6,9H2,1H3,(H,16,17)/t10-/m0/s1. The summed E-state index contributed by atoms with van der Waals surface area (Å²) in [6, 6.07) is 0. The van der Waals surface area contributed by atoms with Crippen LogP contribution in [0.3, 0.4) is 0 Å². The van der Waals surface area contributed by atoms with Gasteiger partial charge in [-0.1, -0.05) is 0 Å². The van der Waals surface area contributed by atoms with E-state index in [1.165, 1.54) is 0 Å². The maximum Gasteiger partial charge on any atom is 0.257 e. The first-order chi connectivity index (χ1) is 10.3. The quantitative estimate of drug-likeness (QED) is 0.912. The second-order valence-electron chi connectivity index (χ2n) is 5.16. The Hall–Kier alpha value is -1.73. The second-order valence-corrected chi connectivity index (χ2v) is 6.14. The van der Waals surface area contributed by atoms with Gasteiger partial charge in [-0.3, -0.25) is 9.89 Å². The Morgan fingerprint density at radius 2 is 2.52 bits per heavy atom. The highest BCUT2D eigenvalue weighted by Gasteiger charge is 2.26. The van der Waals surface area contributed by atoms with E-state index in [9.17, 15) is 4.79 Å². The Bertz CT molecular complexity index is 590. The first-order valence-corrected chi connectivity index (χ1v) is 7.88. The summed E-state index contributed by atoms with van der Waals surface area (Å²) in [5.41, 5.74) is 1.56. The molecule has 0 spiro atoms. The smallest absolute Gasteiger partial charge is 0.257 e. The van der Waals surface area contributed by atoms with Gasteiger partial charge in [0, 0.05) is 44.1 Å². The minimum absolute atomic E-state index is 0.00204. The number of nitrogens with one attached hydrogen (secondary N) is 1. The highest BCUT2D eigenvalue weighted by Crippen LogP contribution is 2.26. The lowest BCUT2D eigenvalue weighted by molar-refractivity contribution is 0.0795. The molecule has 1 aliphatic heterocycles. The fourth-order valence-electron chi connectivity index (χ4n) is 2.49. The summed E-state index contributed by atoms with van der Waals surface area (Å²) in [4.78, 5) is 18.5. The van der Waals surface area contributed by atoms with Crippen molar-refractivity contribution in [3.05, 3.63) is 34.0 Å². The summed E-state index contributed by atoms with van der Waals surface area (Å²) in [7, 11) is 1.82. The van der Waals surface area contributed by atoms with Crippen LogP contribution in [0.1, 0.15) is 33.4 Å². The highest BCUT2D eigenvalue weighted by atomic mass is 32.1. The van der Waals surface area contributed by atoms with Crippen LogP contribution in [0.4, 0.5) is 0 Å². The van der Waals surface area contributed by atoms with Crippen LogP contribution in [-0.4, -0.2) is 52.8 Å². The first-order valence-electron chi connectivity index (χ1n) is 7.00. The van der Waals surface area contributed by atoms with Crippen molar-refractivity contribution in [3.8, 4) is 0 Å². The molecule has 6 nitrogen and oxygen atoms in total. The summed E-state index contributed by atoms with van der Waals surface area (Å²) in [6.45, 7) is 2.06. The van der Waals surface area contributed by atoms with Crippen LogP contribution in [0.2, 0.25) is 0 Å². The van der Waals surface area contributed by atoms with Crippen molar-refractivity contribution in [1.29, 1.82) is 0 Å². The predicted octanol–water partition coefficient (Wildman–Crippen LogP) is 1.68. The topological polar surface area (TPSA) is 71.1 Å². The van der Waals surface area contributed by atoms with Crippen molar-refractivity contribution < 1.29 is 9.53 Å². The summed E-state index contributed by atoms with van der Waals surface area (Å²) in [5, 5.41) is 10.0. The minimum Gasteiger partial charge on any atom is -0.381 e. The SMILES string of the molecule is CN(CCc1nccs1)C(=O)c1cn[nH]c1[C@H]1CCOC1. The zero-order chi connectivity index (χ0) is 14.7. The number of aromatic amines is 1. The molecule has 7 heteroatoms. The lowest BCUT2D eigenvalue weighted by atomic mass is 10.0. The van der Waals surface area contributed by atoms with Gasteiger partial charge in [-0.2, -0.15) is 5.10 Å². The second kappa shape index (κ2) is 6.36. The Morgan fingerprint density at radius 3 is 3.24 bits per heavy atom. The van der Waals surface area contributed by atoms with E-state index >= 15 is 0 Å². The molecule has 3 rings (SSSR count). The van der Waals surface area contributed by atoms with Crippen LogP contribution < -0.4 is 0 Å². The van der Waals surface area contributed by atoms with Crippen molar-refractivity contribution in [2.24, 2.45) is 0 Å². The molecule has 3 heterocycles. The van der Waals surface area contributed by atoms with Gasteiger partial charge in [-0.05, 0) is 6.42 Å². The number of hydrogen-bond acceptors (Lipinski definition) is 5. The lowest BCUT2D eigenvalue weighted by Crippen LogP contribution is -2.29. The van der Waals surface area contributed by atoms with Gasteiger partial charge >= 0.3 is 0 Å². The molecule has 1 N–H and O–H groups in total. The molecule has 0 radical (unpaired) electrons. The van der Waals surface area contributed by atoms with Crippen LogP contribution in [0.15, 0.2) is 17.8 Å². The van der Waals surface area contributed by atoms with Gasteiger partial charge in [0.05, 0.1) is 29.1 Å². The van der Waals surface area contributed by atoms with Crippen molar-refractivity contribution in [3.63, 3.8) is 0 Å². The molecule has 1 fully saturated rings. The van der Waals surface area contributed by atoms with Crippen LogP contribution >= 0.6 is 11.3 Å². The number of thiazole rings is 1. The third-order valence-electron chi connectivity index (χ3n) is 3.73. The fourth-order valence-corrected chi connectivity index (χ4v) is 3.10. The Kier molecular flexibility index (Phi) is 4.31. The fraction of sp³-hybridized carbons (Fsp3) is 0.500. The van der Waals surface area contributed by atoms with E-state index in [0.29, 0.717) is 18.7 Å². The maximum absolute atomic E-state index is 12.6. The average molecular weight is 306 g/mol. The van der Waals surface area contributed by atoms with E-state index < -0.39 is 0 Å². The molecule has 0 aliphatic carbocycles. The molecule has 112 valence electrons. The van der Waals surface area contributed by atoms with Gasteiger partial charge in [-0.15, -0.1) is 11.3 Å².